The van der Waals surface area contributed by atoms with Crippen molar-refractivity contribution in [2.75, 3.05) is 32.6 Å². The van der Waals surface area contributed by atoms with Crippen molar-refractivity contribution in [1.82, 2.24) is 0 Å². The summed E-state index contributed by atoms with van der Waals surface area (Å²) in [7, 11) is -1.75. The van der Waals surface area contributed by atoms with Crippen molar-refractivity contribution in [2.24, 2.45) is 0 Å². The zero-order valence-electron chi connectivity index (χ0n) is 26.7. The third-order valence-corrected chi connectivity index (χ3v) is 9.11. The first-order valence-corrected chi connectivity index (χ1v) is 18.5. The first-order valence-electron chi connectivity index (χ1n) is 16.6. The first-order chi connectivity index (χ1) is 19.2. The van der Waals surface area contributed by atoms with Crippen LogP contribution in [0.5, 0.6) is 0 Å². The van der Waals surface area contributed by atoms with Gasteiger partial charge >= 0.3 is 0 Å². The molecule has 0 aliphatic heterocycles. The largest absolute Gasteiger partial charge is 0.744 e. The van der Waals surface area contributed by atoms with Crippen LogP contribution in [0.4, 0.5) is 0 Å². The van der Waals surface area contributed by atoms with Crippen molar-refractivity contribution in [3.8, 4) is 0 Å². The van der Waals surface area contributed by atoms with Gasteiger partial charge in [0, 0.05) is 5.88 Å². The van der Waals surface area contributed by atoms with Crippen molar-refractivity contribution >= 4 is 21.7 Å². The van der Waals surface area contributed by atoms with Crippen molar-refractivity contribution < 1.29 is 17.5 Å². The molecular weight excluding hydrogens is 538 g/mol. The van der Waals surface area contributed by atoms with E-state index in [1.54, 1.807) is 12.1 Å². The number of quaternary nitrogens is 1. The number of benzene rings is 1. The molecule has 0 amide bonds. The highest BCUT2D eigenvalue weighted by molar-refractivity contribution is 7.85. The minimum absolute atomic E-state index is 0.178. The van der Waals surface area contributed by atoms with E-state index >= 15 is 0 Å². The second-order valence-electron chi connectivity index (χ2n) is 12.1. The first kappa shape index (κ1) is 39.4. The Hall–Kier alpha value is -0.620. The lowest BCUT2D eigenvalue weighted by Gasteiger charge is -2.35. The molecule has 0 unspecified atom stereocenters. The molecule has 0 fully saturated rings. The molecule has 0 spiro atoms. The Labute approximate surface area is 255 Å². The van der Waals surface area contributed by atoms with Gasteiger partial charge in [0.2, 0.25) is 0 Å². The number of alkyl halides is 1. The van der Waals surface area contributed by atoms with Gasteiger partial charge in [-0.2, -0.15) is 0 Å². The highest BCUT2D eigenvalue weighted by Gasteiger charge is 2.20. The Bertz CT molecular complexity index is 761. The normalized spacial score (nSPS) is 11.8. The lowest BCUT2D eigenvalue weighted by Crippen LogP contribution is -2.46. The lowest BCUT2D eigenvalue weighted by molar-refractivity contribution is -0.910. The van der Waals surface area contributed by atoms with Crippen molar-refractivity contribution in [1.29, 1.82) is 0 Å². The van der Waals surface area contributed by atoms with Crippen molar-refractivity contribution in [3.63, 3.8) is 0 Å². The van der Waals surface area contributed by atoms with Crippen LogP contribution >= 0.6 is 11.6 Å². The average Bonchev–Trinajstić information content (AvgIpc) is 2.91. The van der Waals surface area contributed by atoms with Gasteiger partial charge in [-0.05, 0) is 57.6 Å². The summed E-state index contributed by atoms with van der Waals surface area (Å²) >= 11 is 5.94. The molecule has 1 aromatic carbocycles. The minimum atomic E-state index is -4.27. The van der Waals surface area contributed by atoms with Gasteiger partial charge in [-0.1, -0.05) is 121 Å². The Kier molecular flexibility index (Phi) is 25.6. The second kappa shape index (κ2) is 26.0. The van der Waals surface area contributed by atoms with Gasteiger partial charge in [0.1, 0.15) is 10.1 Å². The highest BCUT2D eigenvalue weighted by Crippen LogP contribution is 2.16. The summed E-state index contributed by atoms with van der Waals surface area (Å²) in [6.07, 6.45) is 28.3. The number of aryl methyl sites for hydroxylation is 1. The van der Waals surface area contributed by atoms with E-state index < -0.39 is 10.1 Å². The highest BCUT2D eigenvalue weighted by atomic mass is 35.5. The van der Waals surface area contributed by atoms with Crippen molar-refractivity contribution in [2.45, 2.75) is 154 Å². The molecule has 40 heavy (non-hydrogen) atoms. The maximum atomic E-state index is 10.4. The Morgan fingerprint density at radius 2 is 0.925 bits per heavy atom. The second-order valence-corrected chi connectivity index (χ2v) is 13.9. The summed E-state index contributed by atoms with van der Waals surface area (Å²) in [5.41, 5.74) is 0.928. The summed E-state index contributed by atoms with van der Waals surface area (Å²) in [4.78, 5) is -0.178. The molecule has 6 heteroatoms. The van der Waals surface area contributed by atoms with E-state index in [1.165, 1.54) is 165 Å². The summed E-state index contributed by atoms with van der Waals surface area (Å²) in [5.74, 6) is 0.829. The SMILES string of the molecule is CCCCCCCCCCC[N+](C)(CCCCCl)CCCCCCCCCCC.Cc1ccc(S(=O)(=O)[O-])cc1. The van der Waals surface area contributed by atoms with Crippen LogP contribution in [-0.2, 0) is 10.1 Å². The predicted octanol–water partition coefficient (Wildman–Crippen LogP) is 10.4. The van der Waals surface area contributed by atoms with Crippen LogP contribution in [0.25, 0.3) is 0 Å². The zero-order valence-corrected chi connectivity index (χ0v) is 28.3. The smallest absolute Gasteiger partial charge is 0.124 e. The topological polar surface area (TPSA) is 57.2 Å². The molecule has 0 aromatic heterocycles. The summed E-state index contributed by atoms with van der Waals surface area (Å²) in [5, 5.41) is 0. The fraction of sp³-hybridized carbons (Fsp3) is 0.824. The van der Waals surface area contributed by atoms with Gasteiger partial charge in [-0.15, -0.1) is 11.6 Å². The van der Waals surface area contributed by atoms with E-state index in [0.717, 1.165) is 11.4 Å². The Morgan fingerprint density at radius 3 is 1.25 bits per heavy atom. The van der Waals surface area contributed by atoms with Gasteiger partial charge < -0.3 is 9.04 Å². The molecule has 236 valence electrons. The van der Waals surface area contributed by atoms with Gasteiger partial charge in [0.15, 0.2) is 0 Å². The fourth-order valence-electron chi connectivity index (χ4n) is 5.24. The molecule has 0 radical (unpaired) electrons. The van der Waals surface area contributed by atoms with Crippen LogP contribution in [0.1, 0.15) is 148 Å². The Balaban J connectivity index is 0.00000114. The monoisotopic (exact) mass is 601 g/mol. The van der Waals surface area contributed by atoms with Crippen LogP contribution in [0.2, 0.25) is 0 Å². The molecule has 1 aromatic rings. The average molecular weight is 602 g/mol. The maximum Gasteiger partial charge on any atom is 0.124 e. The van der Waals surface area contributed by atoms with E-state index in [2.05, 4.69) is 20.9 Å². The predicted molar refractivity (Wildman–Crippen MR) is 174 cm³/mol. The molecule has 0 aliphatic rings. The van der Waals surface area contributed by atoms with E-state index in [0.29, 0.717) is 0 Å². The molecule has 0 heterocycles. The van der Waals surface area contributed by atoms with Gasteiger partial charge in [-0.25, -0.2) is 8.42 Å². The van der Waals surface area contributed by atoms with Crippen LogP contribution in [-0.4, -0.2) is 50.0 Å². The van der Waals surface area contributed by atoms with Crippen molar-refractivity contribution in [3.05, 3.63) is 29.8 Å². The number of unbranched alkanes of at least 4 members (excludes halogenated alkanes) is 17. The third-order valence-electron chi connectivity index (χ3n) is 7.99. The van der Waals surface area contributed by atoms with E-state index in [1.807, 2.05) is 6.92 Å². The Morgan fingerprint density at radius 1 is 0.600 bits per heavy atom. The van der Waals surface area contributed by atoms with Crippen LogP contribution < -0.4 is 0 Å². The molecular formula is C34H64ClNO3S. The molecule has 0 saturated carbocycles. The summed E-state index contributed by atoms with van der Waals surface area (Å²) < 4.78 is 32.5. The van der Waals surface area contributed by atoms with Crippen LogP contribution in [0.15, 0.2) is 29.2 Å². The molecule has 0 N–H and O–H groups in total. The van der Waals surface area contributed by atoms with Gasteiger partial charge in [0.05, 0.1) is 31.6 Å². The van der Waals surface area contributed by atoms with Gasteiger partial charge in [0.25, 0.3) is 0 Å². The zero-order chi connectivity index (χ0) is 30.0. The molecule has 0 saturated heterocycles. The van der Waals surface area contributed by atoms with Crippen LogP contribution in [0.3, 0.4) is 0 Å². The molecule has 4 nitrogen and oxygen atoms in total. The minimum Gasteiger partial charge on any atom is -0.744 e. The number of nitrogens with zero attached hydrogens (tertiary/aromatic N) is 1. The van der Waals surface area contributed by atoms with Gasteiger partial charge in [-0.3, -0.25) is 0 Å². The van der Waals surface area contributed by atoms with E-state index in [9.17, 15) is 13.0 Å². The quantitative estimate of drug-likeness (QED) is 0.0484. The fourth-order valence-corrected chi connectivity index (χ4v) is 5.90. The van der Waals surface area contributed by atoms with E-state index in [4.69, 9.17) is 11.6 Å². The number of halogens is 1. The van der Waals surface area contributed by atoms with E-state index in [-0.39, 0.29) is 4.90 Å². The molecule has 1 rings (SSSR count). The number of rotatable bonds is 25. The molecule has 0 aliphatic carbocycles. The summed E-state index contributed by atoms with van der Waals surface area (Å²) in [6, 6.07) is 5.78. The maximum absolute atomic E-state index is 10.4. The number of hydrogen-bond acceptors (Lipinski definition) is 3. The van der Waals surface area contributed by atoms with Crippen LogP contribution in [0, 0.1) is 6.92 Å². The number of hydrogen-bond donors (Lipinski definition) is 0. The standard InChI is InChI=1S/C27H57ClN.C7H8O3S/c1-4-6-8-10-12-14-16-18-21-25-29(3,27-23-20-24-28)26-22-19-17-15-13-11-9-7-5-2;1-6-2-4-7(5-3-6)11(8,9)10/h4-27H2,1-3H3;2-5H,1H3,(H,8,9,10)/q+1;/p-1. The lowest BCUT2D eigenvalue weighted by atomic mass is 10.1. The molecule has 0 bridgehead atoms. The third kappa shape index (κ3) is 24.0. The summed E-state index contributed by atoms with van der Waals surface area (Å²) in [6.45, 7) is 10.5. The molecule has 0 atom stereocenters.